The molecule has 1 atom stereocenters. The average molecular weight is 646 g/mol. The topological polar surface area (TPSA) is 110 Å². The molecule has 1 heterocycles. The van der Waals surface area contributed by atoms with Crippen LogP contribution in [0.1, 0.15) is 33.9 Å². The predicted molar refractivity (Wildman–Crippen MR) is 151 cm³/mol. The molecule has 0 saturated carbocycles. The lowest BCUT2D eigenvalue weighted by atomic mass is 9.93. The summed E-state index contributed by atoms with van der Waals surface area (Å²) >= 11 is 0. The van der Waals surface area contributed by atoms with Crippen LogP contribution in [0.3, 0.4) is 0 Å². The van der Waals surface area contributed by atoms with Crippen LogP contribution in [0.25, 0.3) is 11.1 Å². The number of aromatic nitrogens is 1. The summed E-state index contributed by atoms with van der Waals surface area (Å²) in [6, 6.07) is 19.6. The van der Waals surface area contributed by atoms with E-state index in [4.69, 9.17) is 10.1 Å². The Hall–Kier alpha value is -5.40. The van der Waals surface area contributed by atoms with Crippen LogP contribution in [0.2, 0.25) is 0 Å². The van der Waals surface area contributed by atoms with Crippen LogP contribution in [-0.2, 0) is 27.0 Å². The van der Waals surface area contributed by atoms with Gasteiger partial charge in [-0.15, -0.1) is 0 Å². The number of esters is 2. The minimum absolute atomic E-state index is 0.0484. The highest BCUT2D eigenvalue weighted by Crippen LogP contribution is 2.39. The van der Waals surface area contributed by atoms with Crippen molar-refractivity contribution in [2.75, 3.05) is 6.61 Å². The van der Waals surface area contributed by atoms with Gasteiger partial charge in [-0.2, -0.15) is 26.3 Å². The van der Waals surface area contributed by atoms with Gasteiger partial charge in [-0.1, -0.05) is 54.6 Å². The van der Waals surface area contributed by atoms with E-state index in [-0.39, 0.29) is 40.1 Å². The second-order valence-corrected chi connectivity index (χ2v) is 9.81. The molecule has 2 N–H and O–H groups in total. The first-order valence-corrected chi connectivity index (χ1v) is 13.5. The quantitative estimate of drug-likeness (QED) is 0.121. The van der Waals surface area contributed by atoms with Gasteiger partial charge >= 0.3 is 24.3 Å². The van der Waals surface area contributed by atoms with Crippen molar-refractivity contribution < 1.29 is 50.2 Å². The van der Waals surface area contributed by atoms with E-state index in [1.54, 1.807) is 35.0 Å². The van der Waals surface area contributed by atoms with Crippen molar-refractivity contribution in [3.8, 4) is 16.9 Å². The summed E-state index contributed by atoms with van der Waals surface area (Å²) in [5, 5.41) is 10.2. The van der Waals surface area contributed by atoms with E-state index < -0.39 is 48.2 Å². The molecule has 0 aliphatic heterocycles. The largest absolute Gasteiger partial charge is 0.492 e. The predicted octanol–water partition coefficient (Wildman–Crippen LogP) is 6.23. The number of nitrogens with one attached hydrogen (secondary N) is 2. The Kier molecular flexibility index (Phi) is 10.3. The SMILES string of the molecule is N=c1ccccn1CCOc1cccc(C(=O)NC(CC(=O)OC(=O)C(F)(F)F)c2ccc(-c3ccccc3)c(C(F)(F)F)c2)c1. The highest BCUT2D eigenvalue weighted by molar-refractivity contribution is 5.95. The number of pyridine rings is 1. The minimum Gasteiger partial charge on any atom is -0.492 e. The summed E-state index contributed by atoms with van der Waals surface area (Å²) in [5.41, 5.74) is -1.21. The number of hydrogen-bond donors (Lipinski definition) is 2. The molecule has 14 heteroatoms. The molecule has 0 saturated heterocycles. The van der Waals surface area contributed by atoms with Gasteiger partial charge in [-0.05, 0) is 53.1 Å². The van der Waals surface area contributed by atoms with E-state index in [1.165, 1.54) is 54.6 Å². The van der Waals surface area contributed by atoms with Crippen molar-refractivity contribution in [1.82, 2.24) is 9.88 Å². The number of halogens is 6. The molecular weight excluding hydrogens is 620 g/mol. The van der Waals surface area contributed by atoms with E-state index in [0.29, 0.717) is 12.6 Å². The molecule has 8 nitrogen and oxygen atoms in total. The number of carbonyl (C=O) groups excluding carboxylic acids is 3. The number of ether oxygens (including phenoxy) is 2. The number of nitrogens with zero attached hydrogens (tertiary/aromatic N) is 1. The number of hydrogen-bond acceptors (Lipinski definition) is 6. The van der Waals surface area contributed by atoms with Crippen LogP contribution in [0, 0.1) is 5.41 Å². The molecule has 0 aliphatic rings. The second-order valence-electron chi connectivity index (χ2n) is 9.81. The highest BCUT2D eigenvalue weighted by atomic mass is 19.4. The highest BCUT2D eigenvalue weighted by Gasteiger charge is 2.43. The fourth-order valence-electron chi connectivity index (χ4n) is 4.41. The molecule has 0 spiro atoms. The molecule has 1 aromatic heterocycles. The zero-order valence-corrected chi connectivity index (χ0v) is 23.7. The molecule has 46 heavy (non-hydrogen) atoms. The lowest BCUT2D eigenvalue weighted by Gasteiger charge is -2.22. The van der Waals surface area contributed by atoms with E-state index >= 15 is 0 Å². The third-order valence-corrected chi connectivity index (χ3v) is 6.59. The van der Waals surface area contributed by atoms with Crippen molar-refractivity contribution in [2.45, 2.75) is 31.4 Å². The van der Waals surface area contributed by atoms with E-state index in [1.807, 2.05) is 0 Å². The Bertz CT molecular complexity index is 1770. The summed E-state index contributed by atoms with van der Waals surface area (Å²) in [5.74, 6) is -5.21. The molecular formula is C32H25F6N3O5. The summed E-state index contributed by atoms with van der Waals surface area (Å²) in [7, 11) is 0. The molecule has 0 fully saturated rings. The Morgan fingerprint density at radius 3 is 2.24 bits per heavy atom. The standard InChI is InChI=1S/C32H25F6N3O5/c33-31(34,35)25-18-21(12-13-24(25)20-7-2-1-3-8-20)26(19-28(42)46-30(44)32(36,37)38)40-29(43)22-9-6-10-23(17-22)45-16-15-41-14-5-4-11-27(41)39/h1-14,17-18,26,39H,15-16,19H2,(H,40,43). The summed E-state index contributed by atoms with van der Waals surface area (Å²) < 4.78 is 91.7. The van der Waals surface area contributed by atoms with Crippen LogP contribution < -0.4 is 15.5 Å². The molecule has 4 aromatic rings. The molecule has 0 aliphatic carbocycles. The lowest BCUT2D eigenvalue weighted by molar-refractivity contribution is -0.202. The van der Waals surface area contributed by atoms with Crippen LogP contribution in [0.15, 0.2) is 97.2 Å². The van der Waals surface area contributed by atoms with Crippen LogP contribution in [0.5, 0.6) is 5.75 Å². The van der Waals surface area contributed by atoms with Gasteiger partial charge in [0.15, 0.2) is 0 Å². The monoisotopic (exact) mass is 645 g/mol. The van der Waals surface area contributed by atoms with Gasteiger partial charge in [0.1, 0.15) is 17.8 Å². The Labute approximate surface area is 257 Å². The fraction of sp³-hybridized carbons (Fsp3) is 0.188. The zero-order valence-electron chi connectivity index (χ0n) is 23.7. The van der Waals surface area contributed by atoms with E-state index in [2.05, 4.69) is 10.1 Å². The van der Waals surface area contributed by atoms with Crippen molar-refractivity contribution in [3.05, 3.63) is 119 Å². The van der Waals surface area contributed by atoms with Crippen molar-refractivity contribution >= 4 is 17.8 Å². The van der Waals surface area contributed by atoms with Gasteiger partial charge in [0.2, 0.25) is 0 Å². The molecule has 0 bridgehead atoms. The average Bonchev–Trinajstić information content (AvgIpc) is 3.01. The lowest BCUT2D eigenvalue weighted by Crippen LogP contribution is -2.33. The maximum Gasteiger partial charge on any atom is 0.491 e. The zero-order chi connectivity index (χ0) is 33.5. The third kappa shape index (κ3) is 8.83. The van der Waals surface area contributed by atoms with Crippen LogP contribution >= 0.6 is 0 Å². The Balaban J connectivity index is 1.60. The molecule has 4 rings (SSSR count). The first kappa shape index (κ1) is 33.5. The maximum atomic E-state index is 14.2. The fourth-order valence-corrected chi connectivity index (χ4v) is 4.41. The number of amides is 1. The third-order valence-electron chi connectivity index (χ3n) is 6.59. The van der Waals surface area contributed by atoms with Gasteiger partial charge in [0, 0.05) is 11.8 Å². The van der Waals surface area contributed by atoms with Crippen molar-refractivity contribution in [3.63, 3.8) is 0 Å². The number of rotatable bonds is 10. The Morgan fingerprint density at radius 2 is 1.57 bits per heavy atom. The molecule has 1 amide bonds. The van der Waals surface area contributed by atoms with Crippen LogP contribution in [-0.4, -0.2) is 35.2 Å². The number of carbonyl (C=O) groups is 3. The smallest absolute Gasteiger partial charge is 0.491 e. The van der Waals surface area contributed by atoms with E-state index in [9.17, 15) is 40.7 Å². The first-order chi connectivity index (χ1) is 21.7. The number of benzene rings is 3. The van der Waals surface area contributed by atoms with E-state index in [0.717, 1.165) is 6.07 Å². The molecule has 240 valence electrons. The first-order valence-electron chi connectivity index (χ1n) is 13.5. The summed E-state index contributed by atoms with van der Waals surface area (Å²) in [4.78, 5) is 36.8. The van der Waals surface area contributed by atoms with Gasteiger partial charge in [0.05, 0.1) is 24.6 Å². The normalized spacial score (nSPS) is 12.2. The second kappa shape index (κ2) is 14.1. The molecule has 3 aromatic carbocycles. The van der Waals surface area contributed by atoms with Gasteiger partial charge in [-0.25, -0.2) is 4.79 Å². The molecule has 1 unspecified atom stereocenters. The number of alkyl halides is 6. The minimum atomic E-state index is -5.50. The summed E-state index contributed by atoms with van der Waals surface area (Å²) in [6.45, 7) is 0.415. The van der Waals surface area contributed by atoms with Gasteiger partial charge in [0.25, 0.3) is 5.91 Å². The van der Waals surface area contributed by atoms with Crippen LogP contribution in [0.4, 0.5) is 26.3 Å². The van der Waals surface area contributed by atoms with Gasteiger partial charge < -0.3 is 19.4 Å². The Morgan fingerprint density at radius 1 is 0.848 bits per heavy atom. The van der Waals surface area contributed by atoms with Crippen molar-refractivity contribution in [1.29, 1.82) is 5.41 Å². The summed E-state index contributed by atoms with van der Waals surface area (Å²) in [6.07, 6.45) is -9.82. The van der Waals surface area contributed by atoms with Crippen molar-refractivity contribution in [2.24, 2.45) is 0 Å². The molecule has 0 radical (unpaired) electrons. The van der Waals surface area contributed by atoms with Gasteiger partial charge in [-0.3, -0.25) is 15.0 Å². The maximum absolute atomic E-state index is 14.2.